The number of rotatable bonds is 5. The molecule has 0 unspecified atom stereocenters. The highest BCUT2D eigenvalue weighted by atomic mass is 16.2. The minimum absolute atomic E-state index is 0.0550. The maximum absolute atomic E-state index is 12.4. The van der Waals surface area contributed by atoms with Gasteiger partial charge in [0.2, 0.25) is 5.95 Å². The predicted octanol–water partition coefficient (Wildman–Crippen LogP) is 0.911. The summed E-state index contributed by atoms with van der Waals surface area (Å²) >= 11 is 0. The molecule has 2 aromatic rings. The first-order chi connectivity index (χ1) is 13.8. The molecule has 0 saturated carbocycles. The first-order valence-corrected chi connectivity index (χ1v) is 10.1. The Morgan fingerprint density at radius 1 is 1.07 bits per heavy atom. The highest BCUT2D eigenvalue weighted by Crippen LogP contribution is 2.26. The number of H-pyrrole nitrogens is 1. The van der Waals surface area contributed by atoms with E-state index in [1.165, 1.54) is 5.69 Å². The van der Waals surface area contributed by atoms with Gasteiger partial charge in [0.05, 0.1) is 0 Å². The normalized spacial score (nSPS) is 19.0. The monoisotopic (exact) mass is 384 g/mol. The minimum atomic E-state index is 0.0550. The zero-order valence-corrected chi connectivity index (χ0v) is 16.1. The number of hydrogen-bond acceptors (Lipinski definition) is 6. The summed E-state index contributed by atoms with van der Waals surface area (Å²) in [6.07, 6.45) is 7.32. The fraction of sp³-hybridized carbons (Fsp3) is 0.579. The number of carbonyl (C=O) groups excluding carboxylic acids is 1. The lowest BCUT2D eigenvalue weighted by Crippen LogP contribution is -2.50. The van der Waals surface area contributed by atoms with Crippen LogP contribution in [0.5, 0.6) is 0 Å². The highest BCUT2D eigenvalue weighted by Gasteiger charge is 2.24. The van der Waals surface area contributed by atoms with E-state index in [4.69, 9.17) is 0 Å². The number of aromatic nitrogens is 4. The van der Waals surface area contributed by atoms with E-state index in [1.807, 2.05) is 17.0 Å². The van der Waals surface area contributed by atoms with Crippen molar-refractivity contribution in [2.24, 2.45) is 0 Å². The second-order valence-electron chi connectivity index (χ2n) is 7.38. The second-order valence-corrected chi connectivity index (χ2v) is 7.38. The molecule has 0 aromatic carbocycles. The van der Waals surface area contributed by atoms with Crippen LogP contribution in [0.4, 0.5) is 10.7 Å². The van der Waals surface area contributed by atoms with Crippen LogP contribution in [-0.2, 0) is 0 Å². The number of nitrogens with zero attached hydrogens (tertiary/aromatic N) is 6. The number of hydrogen-bond donors (Lipinski definition) is 2. The molecule has 4 heterocycles. The standard InChI is InChI=1S/C19H28N8O/c28-19(27-9-3-16(4-10-27)17-2-7-23-24-17)22-8-11-25-12-14-26(15-13-25)18-20-5-1-6-21-18/h1-2,5-7,16H,3-4,8-15H2,(H,22,28)(H,23,24). The van der Waals surface area contributed by atoms with Crippen molar-refractivity contribution < 1.29 is 4.79 Å². The van der Waals surface area contributed by atoms with Crippen LogP contribution in [0.15, 0.2) is 30.7 Å². The van der Waals surface area contributed by atoms with Crippen LogP contribution in [0.3, 0.4) is 0 Å². The molecular weight excluding hydrogens is 356 g/mol. The van der Waals surface area contributed by atoms with Gasteiger partial charge in [-0.3, -0.25) is 10.00 Å². The van der Waals surface area contributed by atoms with Gasteiger partial charge in [-0.1, -0.05) is 0 Å². The molecule has 2 aliphatic rings. The summed E-state index contributed by atoms with van der Waals surface area (Å²) in [4.78, 5) is 27.6. The quantitative estimate of drug-likeness (QED) is 0.796. The third-order valence-electron chi connectivity index (χ3n) is 5.66. The van der Waals surface area contributed by atoms with E-state index in [0.29, 0.717) is 12.5 Å². The summed E-state index contributed by atoms with van der Waals surface area (Å²) in [7, 11) is 0. The molecule has 2 N–H and O–H groups in total. The fourth-order valence-electron chi connectivity index (χ4n) is 3.95. The SMILES string of the molecule is O=C(NCCN1CCN(c2ncccn2)CC1)N1CCC(c2ccn[nH]2)CC1. The summed E-state index contributed by atoms with van der Waals surface area (Å²) < 4.78 is 0. The van der Waals surface area contributed by atoms with Gasteiger partial charge in [-0.25, -0.2) is 14.8 Å². The predicted molar refractivity (Wildman–Crippen MR) is 106 cm³/mol. The van der Waals surface area contributed by atoms with Crippen molar-refractivity contribution in [3.63, 3.8) is 0 Å². The molecule has 0 radical (unpaired) electrons. The van der Waals surface area contributed by atoms with Crippen LogP contribution in [0.1, 0.15) is 24.5 Å². The third kappa shape index (κ3) is 4.59. The van der Waals surface area contributed by atoms with Gasteiger partial charge in [0.1, 0.15) is 0 Å². The van der Waals surface area contributed by atoms with Crippen molar-refractivity contribution in [3.05, 3.63) is 36.4 Å². The molecule has 9 heteroatoms. The Morgan fingerprint density at radius 3 is 2.50 bits per heavy atom. The van der Waals surface area contributed by atoms with Crippen LogP contribution in [0.25, 0.3) is 0 Å². The lowest BCUT2D eigenvalue weighted by molar-refractivity contribution is 0.178. The summed E-state index contributed by atoms with van der Waals surface area (Å²) in [5, 5.41) is 10.2. The average molecular weight is 384 g/mol. The topological polar surface area (TPSA) is 93.3 Å². The van der Waals surface area contributed by atoms with Gasteiger partial charge < -0.3 is 15.1 Å². The van der Waals surface area contributed by atoms with Crippen LogP contribution in [0, 0.1) is 0 Å². The van der Waals surface area contributed by atoms with Gasteiger partial charge in [-0.05, 0) is 25.0 Å². The van der Waals surface area contributed by atoms with E-state index >= 15 is 0 Å². The van der Waals surface area contributed by atoms with Crippen molar-refractivity contribution >= 4 is 12.0 Å². The van der Waals surface area contributed by atoms with Gasteiger partial charge in [-0.2, -0.15) is 5.10 Å². The van der Waals surface area contributed by atoms with Gasteiger partial charge in [0, 0.05) is 82.6 Å². The van der Waals surface area contributed by atoms with E-state index in [9.17, 15) is 4.79 Å². The number of carbonyl (C=O) groups is 1. The van der Waals surface area contributed by atoms with Gasteiger partial charge in [-0.15, -0.1) is 0 Å². The van der Waals surface area contributed by atoms with Crippen molar-refractivity contribution in [2.45, 2.75) is 18.8 Å². The fourth-order valence-corrected chi connectivity index (χ4v) is 3.95. The number of urea groups is 1. The molecule has 0 atom stereocenters. The van der Waals surface area contributed by atoms with Crippen molar-refractivity contribution in [1.82, 2.24) is 35.3 Å². The lowest BCUT2D eigenvalue weighted by atomic mass is 9.94. The number of likely N-dealkylation sites (tertiary alicyclic amines) is 1. The van der Waals surface area contributed by atoms with Crippen LogP contribution >= 0.6 is 0 Å². The Labute approximate surface area is 165 Å². The number of piperidine rings is 1. The van der Waals surface area contributed by atoms with Crippen molar-refractivity contribution in [2.75, 3.05) is 57.3 Å². The Morgan fingerprint density at radius 2 is 1.82 bits per heavy atom. The zero-order valence-electron chi connectivity index (χ0n) is 16.1. The molecule has 2 aromatic heterocycles. The molecule has 4 rings (SSSR count). The molecule has 28 heavy (non-hydrogen) atoms. The third-order valence-corrected chi connectivity index (χ3v) is 5.66. The molecule has 2 saturated heterocycles. The number of amides is 2. The second kappa shape index (κ2) is 9.01. The summed E-state index contributed by atoms with van der Waals surface area (Å²) in [5.41, 5.74) is 1.18. The smallest absolute Gasteiger partial charge is 0.317 e. The Hall–Kier alpha value is -2.68. The van der Waals surface area contributed by atoms with Crippen molar-refractivity contribution in [3.8, 4) is 0 Å². The number of piperazine rings is 1. The average Bonchev–Trinajstić information content (AvgIpc) is 3.30. The first kappa shape index (κ1) is 18.7. The largest absolute Gasteiger partial charge is 0.338 e. The number of nitrogens with one attached hydrogen (secondary N) is 2. The summed E-state index contributed by atoms with van der Waals surface area (Å²) in [6, 6.07) is 3.92. The maximum Gasteiger partial charge on any atom is 0.317 e. The Balaban J connectivity index is 1.13. The van der Waals surface area contributed by atoms with Crippen LogP contribution in [-0.4, -0.2) is 88.4 Å². The molecule has 150 valence electrons. The van der Waals surface area contributed by atoms with Crippen LogP contribution in [0.2, 0.25) is 0 Å². The number of anilines is 1. The molecule has 2 fully saturated rings. The van der Waals surface area contributed by atoms with Crippen LogP contribution < -0.4 is 10.2 Å². The first-order valence-electron chi connectivity index (χ1n) is 10.1. The highest BCUT2D eigenvalue weighted by molar-refractivity contribution is 5.74. The lowest BCUT2D eigenvalue weighted by Gasteiger charge is -2.35. The molecule has 2 aliphatic heterocycles. The summed E-state index contributed by atoms with van der Waals surface area (Å²) in [6.45, 7) is 6.91. The Bertz CT molecular complexity index is 722. The van der Waals surface area contributed by atoms with Crippen molar-refractivity contribution in [1.29, 1.82) is 0 Å². The van der Waals surface area contributed by atoms with E-state index in [1.54, 1.807) is 18.6 Å². The molecular formula is C19H28N8O. The molecule has 0 spiro atoms. The maximum atomic E-state index is 12.4. The Kier molecular flexibility index (Phi) is 6.01. The van der Waals surface area contributed by atoms with E-state index in [2.05, 4.69) is 35.3 Å². The molecule has 0 bridgehead atoms. The minimum Gasteiger partial charge on any atom is -0.338 e. The molecule has 2 amide bonds. The molecule has 0 aliphatic carbocycles. The molecule has 9 nitrogen and oxygen atoms in total. The van der Waals surface area contributed by atoms with Gasteiger partial charge >= 0.3 is 6.03 Å². The van der Waals surface area contributed by atoms with E-state index < -0.39 is 0 Å². The summed E-state index contributed by atoms with van der Waals surface area (Å²) in [5.74, 6) is 1.28. The van der Waals surface area contributed by atoms with Gasteiger partial charge in [0.15, 0.2) is 0 Å². The van der Waals surface area contributed by atoms with E-state index in [0.717, 1.165) is 64.6 Å². The van der Waals surface area contributed by atoms with E-state index in [-0.39, 0.29) is 6.03 Å². The number of aromatic amines is 1. The zero-order chi connectivity index (χ0) is 19.2. The van der Waals surface area contributed by atoms with Gasteiger partial charge in [0.25, 0.3) is 0 Å².